The van der Waals surface area contributed by atoms with Crippen LogP contribution in [0.5, 0.6) is 0 Å². The van der Waals surface area contributed by atoms with Crippen LogP contribution in [0.25, 0.3) is 0 Å². The van der Waals surface area contributed by atoms with Gasteiger partial charge in [0.25, 0.3) is 0 Å². The van der Waals surface area contributed by atoms with Gasteiger partial charge in [-0.2, -0.15) is 0 Å². The predicted octanol–water partition coefficient (Wildman–Crippen LogP) is 4.53. The maximum atomic E-state index is 2.69. The summed E-state index contributed by atoms with van der Waals surface area (Å²) in [6.07, 6.45) is 1.11. The van der Waals surface area contributed by atoms with Crippen molar-refractivity contribution in [2.45, 2.75) is 45.7 Å². The van der Waals surface area contributed by atoms with Gasteiger partial charge in [0, 0.05) is 36.9 Å². The van der Waals surface area contributed by atoms with E-state index in [4.69, 9.17) is 0 Å². The minimum absolute atomic E-state index is 0.206. The topological polar surface area (TPSA) is 6.48 Å². The normalized spacial score (nSPS) is 19.5. The Labute approximate surface area is 147 Å². The van der Waals surface area contributed by atoms with Crippen LogP contribution < -0.4 is 4.90 Å². The monoisotopic (exact) mass is 322 g/mol. The molecule has 2 heteroatoms. The molecule has 1 aliphatic heterocycles. The van der Waals surface area contributed by atoms with Crippen molar-refractivity contribution >= 4 is 5.69 Å². The van der Waals surface area contributed by atoms with Crippen molar-refractivity contribution in [1.29, 1.82) is 0 Å². The van der Waals surface area contributed by atoms with Crippen LogP contribution in [0, 0.1) is 6.92 Å². The van der Waals surface area contributed by atoms with Gasteiger partial charge < -0.3 is 4.90 Å². The highest BCUT2D eigenvalue weighted by Gasteiger charge is 2.34. The number of piperazine rings is 1. The Kier molecular flexibility index (Phi) is 4.96. The standard InChI is InChI=1S/C22H30N2/c1-18-10-8-9-13-21(18)23-14-15-24(22(2,3)4)20(17-23)16-19-11-6-5-7-12-19/h5-13,20H,14-17H2,1-4H3/t20-/m1/s1. The fraction of sp³-hybridized carbons (Fsp3) is 0.455. The van der Waals surface area contributed by atoms with E-state index >= 15 is 0 Å². The number of rotatable bonds is 3. The Balaban J connectivity index is 1.83. The molecule has 0 aliphatic carbocycles. The Morgan fingerprint density at radius 1 is 0.917 bits per heavy atom. The fourth-order valence-corrected chi connectivity index (χ4v) is 3.94. The van der Waals surface area contributed by atoms with E-state index in [1.807, 2.05) is 0 Å². The Hall–Kier alpha value is -1.80. The molecule has 1 aliphatic rings. The zero-order valence-corrected chi connectivity index (χ0v) is 15.5. The molecule has 1 atom stereocenters. The third-order valence-electron chi connectivity index (χ3n) is 5.11. The smallest absolute Gasteiger partial charge is 0.0396 e. The summed E-state index contributed by atoms with van der Waals surface area (Å²) < 4.78 is 0. The van der Waals surface area contributed by atoms with Gasteiger partial charge in [0.2, 0.25) is 0 Å². The second kappa shape index (κ2) is 6.98. The molecule has 2 nitrogen and oxygen atoms in total. The first-order valence-corrected chi connectivity index (χ1v) is 9.06. The van der Waals surface area contributed by atoms with E-state index in [0.29, 0.717) is 6.04 Å². The van der Waals surface area contributed by atoms with Gasteiger partial charge in [-0.1, -0.05) is 48.5 Å². The third-order valence-corrected chi connectivity index (χ3v) is 5.11. The number of benzene rings is 2. The lowest BCUT2D eigenvalue weighted by Gasteiger charge is -2.49. The van der Waals surface area contributed by atoms with Gasteiger partial charge in [0.05, 0.1) is 0 Å². The SMILES string of the molecule is Cc1ccccc1N1CCN(C(C)(C)C)[C@H](Cc2ccccc2)C1. The molecular formula is C22H30N2. The van der Waals surface area contributed by atoms with E-state index in [1.165, 1.54) is 16.8 Å². The van der Waals surface area contributed by atoms with E-state index in [2.05, 4.69) is 92.1 Å². The first-order valence-electron chi connectivity index (χ1n) is 9.06. The average Bonchev–Trinajstić information content (AvgIpc) is 2.55. The van der Waals surface area contributed by atoms with Crippen LogP contribution in [0.2, 0.25) is 0 Å². The van der Waals surface area contributed by atoms with Crippen molar-refractivity contribution in [1.82, 2.24) is 4.90 Å². The maximum absolute atomic E-state index is 2.69. The number of nitrogens with zero attached hydrogens (tertiary/aromatic N) is 2. The molecule has 2 aromatic carbocycles. The van der Waals surface area contributed by atoms with Gasteiger partial charge in [0.15, 0.2) is 0 Å². The number of aryl methyl sites for hydroxylation is 1. The predicted molar refractivity (Wildman–Crippen MR) is 104 cm³/mol. The van der Waals surface area contributed by atoms with Crippen LogP contribution in [0.15, 0.2) is 54.6 Å². The minimum Gasteiger partial charge on any atom is -0.368 e. The summed E-state index contributed by atoms with van der Waals surface area (Å²) >= 11 is 0. The lowest BCUT2D eigenvalue weighted by atomic mass is 9.95. The van der Waals surface area contributed by atoms with Crippen molar-refractivity contribution < 1.29 is 0 Å². The molecule has 0 saturated carbocycles. The van der Waals surface area contributed by atoms with Crippen LogP contribution >= 0.6 is 0 Å². The fourth-order valence-electron chi connectivity index (χ4n) is 3.94. The van der Waals surface area contributed by atoms with E-state index in [-0.39, 0.29) is 5.54 Å². The van der Waals surface area contributed by atoms with Gasteiger partial charge in [-0.3, -0.25) is 4.90 Å². The number of anilines is 1. The lowest BCUT2D eigenvalue weighted by Crippen LogP contribution is -2.60. The quantitative estimate of drug-likeness (QED) is 0.819. The number of para-hydroxylation sites is 1. The summed E-state index contributed by atoms with van der Waals surface area (Å²) in [5.74, 6) is 0. The lowest BCUT2D eigenvalue weighted by molar-refractivity contribution is 0.0706. The molecular weight excluding hydrogens is 292 g/mol. The highest BCUT2D eigenvalue weighted by atomic mass is 15.3. The van der Waals surface area contributed by atoms with E-state index in [0.717, 1.165) is 26.1 Å². The van der Waals surface area contributed by atoms with Crippen molar-refractivity contribution in [2.24, 2.45) is 0 Å². The van der Waals surface area contributed by atoms with Gasteiger partial charge in [-0.05, 0) is 51.3 Å². The van der Waals surface area contributed by atoms with Crippen LogP contribution in [0.4, 0.5) is 5.69 Å². The average molecular weight is 322 g/mol. The molecule has 0 radical (unpaired) electrons. The zero-order chi connectivity index (χ0) is 17.2. The van der Waals surface area contributed by atoms with Crippen LogP contribution in [0.1, 0.15) is 31.9 Å². The molecule has 128 valence electrons. The summed E-state index contributed by atoms with van der Waals surface area (Å²) in [4.78, 5) is 5.26. The molecule has 24 heavy (non-hydrogen) atoms. The van der Waals surface area contributed by atoms with Crippen molar-refractivity contribution in [3.05, 3.63) is 65.7 Å². The number of hydrogen-bond acceptors (Lipinski definition) is 2. The maximum Gasteiger partial charge on any atom is 0.0396 e. The second-order valence-electron chi connectivity index (χ2n) is 7.94. The zero-order valence-electron chi connectivity index (χ0n) is 15.5. The first kappa shape index (κ1) is 17.0. The third kappa shape index (κ3) is 3.81. The summed E-state index contributed by atoms with van der Waals surface area (Å²) in [6.45, 7) is 12.6. The molecule has 0 N–H and O–H groups in total. The number of hydrogen-bond donors (Lipinski definition) is 0. The Morgan fingerprint density at radius 3 is 2.25 bits per heavy atom. The molecule has 3 rings (SSSR count). The Bertz CT molecular complexity index is 657. The highest BCUT2D eigenvalue weighted by Crippen LogP contribution is 2.28. The molecule has 1 saturated heterocycles. The summed E-state index contributed by atoms with van der Waals surface area (Å²) in [6, 6.07) is 20.2. The molecule has 1 heterocycles. The Morgan fingerprint density at radius 2 is 1.58 bits per heavy atom. The van der Waals surface area contributed by atoms with Gasteiger partial charge in [0.1, 0.15) is 0 Å². The second-order valence-corrected chi connectivity index (χ2v) is 7.94. The van der Waals surface area contributed by atoms with Crippen LogP contribution in [-0.2, 0) is 6.42 Å². The highest BCUT2D eigenvalue weighted by molar-refractivity contribution is 5.53. The van der Waals surface area contributed by atoms with E-state index in [1.54, 1.807) is 0 Å². The van der Waals surface area contributed by atoms with Crippen molar-refractivity contribution in [2.75, 3.05) is 24.5 Å². The van der Waals surface area contributed by atoms with Gasteiger partial charge >= 0.3 is 0 Å². The van der Waals surface area contributed by atoms with E-state index < -0.39 is 0 Å². The van der Waals surface area contributed by atoms with E-state index in [9.17, 15) is 0 Å². The first-order chi connectivity index (χ1) is 11.4. The van der Waals surface area contributed by atoms with Crippen molar-refractivity contribution in [3.8, 4) is 0 Å². The molecule has 1 fully saturated rings. The van der Waals surface area contributed by atoms with Gasteiger partial charge in [-0.15, -0.1) is 0 Å². The molecule has 2 aromatic rings. The largest absolute Gasteiger partial charge is 0.368 e. The molecule has 0 unspecified atom stereocenters. The van der Waals surface area contributed by atoms with Crippen molar-refractivity contribution in [3.63, 3.8) is 0 Å². The van der Waals surface area contributed by atoms with Gasteiger partial charge in [-0.25, -0.2) is 0 Å². The summed E-state index contributed by atoms with van der Waals surface area (Å²) in [7, 11) is 0. The summed E-state index contributed by atoms with van der Waals surface area (Å²) in [5.41, 5.74) is 4.41. The van der Waals surface area contributed by atoms with Crippen LogP contribution in [-0.4, -0.2) is 36.1 Å². The molecule has 0 amide bonds. The summed E-state index contributed by atoms with van der Waals surface area (Å²) in [5, 5.41) is 0. The van der Waals surface area contributed by atoms with Crippen LogP contribution in [0.3, 0.4) is 0 Å². The molecule has 0 spiro atoms. The molecule has 0 bridgehead atoms. The minimum atomic E-state index is 0.206. The molecule has 0 aromatic heterocycles.